The number of H-pyrrole nitrogens is 1. The number of rotatable bonds is 4. The van der Waals surface area contributed by atoms with Gasteiger partial charge in [0.15, 0.2) is 5.82 Å². The third kappa shape index (κ3) is 3.71. The lowest BCUT2D eigenvalue weighted by molar-refractivity contribution is 0.0687. The van der Waals surface area contributed by atoms with Crippen LogP contribution in [-0.4, -0.2) is 44.7 Å². The molecule has 4 N–H and O–H groups in total. The molecule has 0 radical (unpaired) electrons. The minimum atomic E-state index is -1.20. The number of aromatic amines is 1. The zero-order chi connectivity index (χ0) is 21.5. The van der Waals surface area contributed by atoms with Crippen molar-refractivity contribution >= 4 is 23.0 Å². The summed E-state index contributed by atoms with van der Waals surface area (Å²) >= 11 is 0. The molecule has 30 heavy (non-hydrogen) atoms. The highest BCUT2D eigenvalue weighted by molar-refractivity contribution is 5.92. The number of carbonyl (C=O) groups excluding carboxylic acids is 1. The number of hydrogen-bond acceptors (Lipinski definition) is 6. The molecule has 0 bridgehead atoms. The van der Waals surface area contributed by atoms with Gasteiger partial charge in [0.05, 0.1) is 17.1 Å². The number of benzene rings is 1. The molecule has 158 valence electrons. The number of nitrogens with one attached hydrogen (secondary N) is 3. The fourth-order valence-electron chi connectivity index (χ4n) is 3.47. The number of aliphatic hydroxyl groups is 1. The number of nitrogens with zero attached hydrogens (tertiary/aromatic N) is 3. The average molecular weight is 414 g/mol. The quantitative estimate of drug-likeness (QED) is 0.520. The first-order valence-corrected chi connectivity index (χ1v) is 9.65. The zero-order valence-corrected chi connectivity index (χ0v) is 16.9. The lowest BCUT2D eigenvalue weighted by Crippen LogP contribution is -2.24. The Balaban J connectivity index is 1.85. The van der Waals surface area contributed by atoms with Gasteiger partial charge in [0.1, 0.15) is 11.4 Å². The average Bonchev–Trinajstić information content (AvgIpc) is 3.36. The van der Waals surface area contributed by atoms with E-state index in [-0.39, 0.29) is 17.3 Å². The Bertz CT molecular complexity index is 1080. The maximum Gasteiger partial charge on any atom is 0.321 e. The van der Waals surface area contributed by atoms with Crippen LogP contribution in [0.5, 0.6) is 0 Å². The number of urea groups is 1. The van der Waals surface area contributed by atoms with Crippen molar-refractivity contribution in [1.82, 2.24) is 25.3 Å². The van der Waals surface area contributed by atoms with Crippen molar-refractivity contribution < 1.29 is 19.0 Å². The summed E-state index contributed by atoms with van der Waals surface area (Å²) in [6.45, 7) is 3.71. The van der Waals surface area contributed by atoms with Gasteiger partial charge in [0, 0.05) is 42.7 Å². The number of imidazole rings is 1. The molecule has 1 aliphatic heterocycles. The minimum absolute atomic E-state index is 0.203. The molecule has 3 aromatic rings. The van der Waals surface area contributed by atoms with Crippen LogP contribution in [0.3, 0.4) is 0 Å². The number of hydrogen-bond donors (Lipinski definition) is 4. The standard InChI is InChI=1S/C20H23FN6O3/c1-20(2,29)17-23-8-10(9-24-17)11-7-12-16(26-18(25-12)27-19(28)22-3)14(15(11)21)13-5-4-6-30-13/h7-9,13,29H,4-6H2,1-3H3,(H3,22,25,26,27,28)/t13-/m1/s1. The van der Waals surface area contributed by atoms with Crippen LogP contribution in [0, 0.1) is 5.82 Å². The Labute approximate surface area is 172 Å². The molecule has 1 fully saturated rings. The SMILES string of the molecule is CNC(=O)Nc1nc2c([C@H]3CCCO3)c(F)c(-c3cnc(C(C)(C)O)nc3)cc2[nH]1. The molecule has 3 heterocycles. The number of ether oxygens (including phenoxy) is 1. The summed E-state index contributed by atoms with van der Waals surface area (Å²) in [7, 11) is 1.49. The Morgan fingerprint density at radius 1 is 1.37 bits per heavy atom. The predicted molar refractivity (Wildman–Crippen MR) is 108 cm³/mol. The molecule has 0 aliphatic carbocycles. The summed E-state index contributed by atoms with van der Waals surface area (Å²) < 4.78 is 21.4. The molecule has 1 aromatic carbocycles. The Morgan fingerprint density at radius 3 is 2.70 bits per heavy atom. The van der Waals surface area contributed by atoms with Crippen molar-refractivity contribution in [3.8, 4) is 11.1 Å². The molecule has 0 saturated carbocycles. The van der Waals surface area contributed by atoms with Crippen molar-refractivity contribution in [2.45, 2.75) is 38.4 Å². The van der Waals surface area contributed by atoms with E-state index in [2.05, 4.69) is 30.6 Å². The lowest BCUT2D eigenvalue weighted by atomic mass is 9.98. The smallest absolute Gasteiger partial charge is 0.321 e. The van der Waals surface area contributed by atoms with Crippen molar-refractivity contribution in [2.75, 3.05) is 19.0 Å². The van der Waals surface area contributed by atoms with Gasteiger partial charge in [0.25, 0.3) is 0 Å². The molecular weight excluding hydrogens is 391 g/mol. The van der Waals surface area contributed by atoms with Gasteiger partial charge in [-0.05, 0) is 32.8 Å². The van der Waals surface area contributed by atoms with Crippen molar-refractivity contribution in [3.05, 3.63) is 35.7 Å². The number of carbonyl (C=O) groups is 1. The maximum absolute atomic E-state index is 15.7. The molecule has 0 unspecified atom stereocenters. The van der Waals surface area contributed by atoms with E-state index >= 15 is 4.39 Å². The van der Waals surface area contributed by atoms with E-state index in [1.54, 1.807) is 19.9 Å². The van der Waals surface area contributed by atoms with Gasteiger partial charge in [-0.2, -0.15) is 0 Å². The summed E-state index contributed by atoms with van der Waals surface area (Å²) in [5, 5.41) is 15.1. The largest absolute Gasteiger partial charge is 0.382 e. The van der Waals surface area contributed by atoms with Crippen LogP contribution in [-0.2, 0) is 10.3 Å². The van der Waals surface area contributed by atoms with Gasteiger partial charge in [-0.3, -0.25) is 5.32 Å². The predicted octanol–water partition coefficient (Wildman–Crippen LogP) is 2.99. The van der Waals surface area contributed by atoms with E-state index in [1.165, 1.54) is 19.4 Å². The molecule has 9 nitrogen and oxygen atoms in total. The van der Waals surface area contributed by atoms with E-state index in [1.807, 2.05) is 0 Å². The maximum atomic E-state index is 15.7. The molecule has 2 aromatic heterocycles. The van der Waals surface area contributed by atoms with E-state index < -0.39 is 23.6 Å². The third-order valence-corrected chi connectivity index (χ3v) is 4.97. The van der Waals surface area contributed by atoms with Crippen molar-refractivity contribution in [3.63, 3.8) is 0 Å². The monoisotopic (exact) mass is 414 g/mol. The van der Waals surface area contributed by atoms with Crippen molar-refractivity contribution in [1.29, 1.82) is 0 Å². The summed E-state index contributed by atoms with van der Waals surface area (Å²) in [6.07, 6.45) is 4.02. The first-order chi connectivity index (χ1) is 14.3. The minimum Gasteiger partial charge on any atom is -0.382 e. The second-order valence-electron chi connectivity index (χ2n) is 7.69. The van der Waals surface area contributed by atoms with Crippen molar-refractivity contribution in [2.24, 2.45) is 0 Å². The molecule has 1 atom stereocenters. The summed E-state index contributed by atoms with van der Waals surface area (Å²) in [6, 6.07) is 1.16. The number of halogens is 1. The second-order valence-corrected chi connectivity index (χ2v) is 7.69. The molecule has 1 saturated heterocycles. The fraction of sp³-hybridized carbons (Fsp3) is 0.400. The summed E-state index contributed by atoms with van der Waals surface area (Å²) in [5.74, 6) is -0.0218. The Morgan fingerprint density at radius 2 is 2.10 bits per heavy atom. The molecule has 4 rings (SSSR count). The Hall–Kier alpha value is -3.11. The van der Waals surface area contributed by atoms with E-state index in [9.17, 15) is 9.90 Å². The van der Waals surface area contributed by atoms with Crippen LogP contribution < -0.4 is 10.6 Å². The van der Waals surface area contributed by atoms with E-state index in [4.69, 9.17) is 4.74 Å². The normalized spacial score (nSPS) is 16.8. The number of fused-ring (bicyclic) bond motifs is 1. The first kappa shape index (κ1) is 20.2. The molecular formula is C20H23FN6O3. The van der Waals surface area contributed by atoms with Crippen LogP contribution in [0.1, 0.15) is 44.2 Å². The van der Waals surface area contributed by atoms with Gasteiger partial charge >= 0.3 is 6.03 Å². The van der Waals surface area contributed by atoms with Crippen LogP contribution in [0.2, 0.25) is 0 Å². The van der Waals surface area contributed by atoms with E-state index in [0.717, 1.165) is 6.42 Å². The van der Waals surface area contributed by atoms with Gasteiger partial charge in [-0.25, -0.2) is 24.1 Å². The number of aromatic nitrogens is 4. The molecule has 2 amide bonds. The van der Waals surface area contributed by atoms with Gasteiger partial charge in [0.2, 0.25) is 5.95 Å². The highest BCUT2D eigenvalue weighted by atomic mass is 19.1. The zero-order valence-electron chi connectivity index (χ0n) is 16.9. The molecule has 0 spiro atoms. The molecule has 10 heteroatoms. The lowest BCUT2D eigenvalue weighted by Gasteiger charge is -2.16. The van der Waals surface area contributed by atoms with Crippen LogP contribution in [0.4, 0.5) is 15.1 Å². The first-order valence-electron chi connectivity index (χ1n) is 9.65. The topological polar surface area (TPSA) is 125 Å². The van der Waals surface area contributed by atoms with Gasteiger partial charge < -0.3 is 20.1 Å². The van der Waals surface area contributed by atoms with Crippen LogP contribution in [0.15, 0.2) is 18.5 Å². The Kier molecular flexibility index (Phi) is 5.12. The summed E-state index contributed by atoms with van der Waals surface area (Å²) in [4.78, 5) is 27.4. The van der Waals surface area contributed by atoms with Crippen LogP contribution in [0.25, 0.3) is 22.2 Å². The van der Waals surface area contributed by atoms with Gasteiger partial charge in [-0.1, -0.05) is 0 Å². The van der Waals surface area contributed by atoms with Crippen LogP contribution >= 0.6 is 0 Å². The highest BCUT2D eigenvalue weighted by Gasteiger charge is 2.28. The fourth-order valence-corrected chi connectivity index (χ4v) is 3.47. The third-order valence-electron chi connectivity index (χ3n) is 4.97. The number of amides is 2. The highest BCUT2D eigenvalue weighted by Crippen LogP contribution is 2.39. The van der Waals surface area contributed by atoms with Gasteiger partial charge in [-0.15, -0.1) is 0 Å². The second kappa shape index (κ2) is 7.62. The molecule has 1 aliphatic rings. The number of anilines is 1. The summed E-state index contributed by atoms with van der Waals surface area (Å²) in [5.41, 5.74) is 0.835. The van der Waals surface area contributed by atoms with E-state index in [0.29, 0.717) is 35.2 Å².